The third kappa shape index (κ3) is 2.99. The van der Waals surface area contributed by atoms with E-state index in [1.807, 2.05) is 6.92 Å². The molecular weight excluding hydrogens is 164 g/mol. The van der Waals surface area contributed by atoms with Crippen LogP contribution in [0.2, 0.25) is 0 Å². The van der Waals surface area contributed by atoms with Gasteiger partial charge in [0.25, 0.3) is 0 Å². The molecule has 1 aliphatic rings. The summed E-state index contributed by atoms with van der Waals surface area (Å²) in [7, 11) is 4.21. The molecule has 0 bridgehead atoms. The van der Waals surface area contributed by atoms with Crippen molar-refractivity contribution in [1.29, 1.82) is 0 Å². The third-order valence-electron chi connectivity index (χ3n) is 2.82. The molecule has 2 atom stereocenters. The highest BCUT2D eigenvalue weighted by Crippen LogP contribution is 2.22. The topological polar surface area (TPSA) is 32.3 Å². The van der Waals surface area contributed by atoms with Crippen molar-refractivity contribution >= 4 is 5.91 Å². The number of carbonyl (C=O) groups is 1. The van der Waals surface area contributed by atoms with Gasteiger partial charge in [0.15, 0.2) is 0 Å². The third-order valence-corrected chi connectivity index (χ3v) is 2.82. The van der Waals surface area contributed by atoms with Crippen LogP contribution < -0.4 is 5.32 Å². The summed E-state index contributed by atoms with van der Waals surface area (Å²) in [6.45, 7) is 1.90. The molecule has 1 amide bonds. The first-order valence-electron chi connectivity index (χ1n) is 5.09. The average Bonchev–Trinajstić information content (AvgIpc) is 2.52. The van der Waals surface area contributed by atoms with Gasteiger partial charge in [-0.2, -0.15) is 0 Å². The van der Waals surface area contributed by atoms with Gasteiger partial charge in [0.2, 0.25) is 5.91 Å². The quantitative estimate of drug-likeness (QED) is 0.709. The van der Waals surface area contributed by atoms with E-state index in [-0.39, 0.29) is 5.91 Å². The fourth-order valence-electron chi connectivity index (χ4n) is 1.89. The van der Waals surface area contributed by atoms with E-state index in [4.69, 9.17) is 0 Å². The fourth-order valence-corrected chi connectivity index (χ4v) is 1.89. The number of nitrogens with zero attached hydrogens (tertiary/aromatic N) is 1. The Morgan fingerprint density at radius 2 is 2.15 bits per heavy atom. The predicted molar refractivity (Wildman–Crippen MR) is 53.5 cm³/mol. The molecule has 1 fully saturated rings. The molecule has 3 heteroatoms. The Hall–Kier alpha value is -0.570. The van der Waals surface area contributed by atoms with Crippen LogP contribution in [0.15, 0.2) is 0 Å². The molecule has 1 rings (SSSR count). The summed E-state index contributed by atoms with van der Waals surface area (Å²) in [6.07, 6.45) is 4.05. The zero-order chi connectivity index (χ0) is 9.84. The van der Waals surface area contributed by atoms with Gasteiger partial charge in [0.05, 0.1) is 0 Å². The Kier molecular flexibility index (Phi) is 3.72. The van der Waals surface area contributed by atoms with Crippen LogP contribution in [0.4, 0.5) is 0 Å². The van der Waals surface area contributed by atoms with Crippen LogP contribution in [0, 0.1) is 0 Å². The van der Waals surface area contributed by atoms with Crippen molar-refractivity contribution in [1.82, 2.24) is 10.2 Å². The molecule has 3 nitrogen and oxygen atoms in total. The smallest absolute Gasteiger partial charge is 0.219 e. The lowest BCUT2D eigenvalue weighted by Crippen LogP contribution is -2.34. The Morgan fingerprint density at radius 1 is 1.46 bits per heavy atom. The lowest BCUT2D eigenvalue weighted by molar-refractivity contribution is -0.121. The number of hydrogen-bond donors (Lipinski definition) is 1. The zero-order valence-corrected chi connectivity index (χ0v) is 8.84. The van der Waals surface area contributed by atoms with E-state index >= 15 is 0 Å². The van der Waals surface area contributed by atoms with Crippen molar-refractivity contribution < 1.29 is 4.79 Å². The normalized spacial score (nSPS) is 28.0. The van der Waals surface area contributed by atoms with Crippen LogP contribution >= 0.6 is 0 Å². The molecule has 0 aliphatic heterocycles. The molecule has 0 radical (unpaired) electrons. The number of amides is 1. The molecule has 0 aromatic carbocycles. The van der Waals surface area contributed by atoms with Crippen LogP contribution in [0.3, 0.4) is 0 Å². The Balaban J connectivity index is 2.29. The highest BCUT2D eigenvalue weighted by atomic mass is 16.1. The maximum atomic E-state index is 11.1. The lowest BCUT2D eigenvalue weighted by Gasteiger charge is -2.19. The van der Waals surface area contributed by atoms with E-state index in [1.54, 1.807) is 0 Å². The van der Waals surface area contributed by atoms with Gasteiger partial charge in [0, 0.05) is 18.5 Å². The lowest BCUT2D eigenvalue weighted by atomic mass is 10.2. The molecule has 2 unspecified atom stereocenters. The molecule has 0 aromatic heterocycles. The molecule has 0 heterocycles. The number of nitrogens with one attached hydrogen (secondary N) is 1. The van der Waals surface area contributed by atoms with Crippen LogP contribution in [0.1, 0.15) is 32.6 Å². The van der Waals surface area contributed by atoms with Crippen molar-refractivity contribution in [2.45, 2.75) is 44.7 Å². The summed E-state index contributed by atoms with van der Waals surface area (Å²) >= 11 is 0. The maximum absolute atomic E-state index is 11.1. The van der Waals surface area contributed by atoms with Crippen molar-refractivity contribution in [2.75, 3.05) is 14.1 Å². The second-order valence-corrected chi connectivity index (χ2v) is 4.05. The van der Waals surface area contributed by atoms with Crippen molar-refractivity contribution in [2.24, 2.45) is 0 Å². The maximum Gasteiger partial charge on any atom is 0.219 e. The monoisotopic (exact) mass is 184 g/mol. The molecule has 13 heavy (non-hydrogen) atoms. The van der Waals surface area contributed by atoms with E-state index in [2.05, 4.69) is 24.3 Å². The van der Waals surface area contributed by atoms with E-state index in [1.165, 1.54) is 6.42 Å². The van der Waals surface area contributed by atoms with E-state index < -0.39 is 0 Å². The largest absolute Gasteiger partial charge is 0.353 e. The highest BCUT2D eigenvalue weighted by molar-refractivity contribution is 5.75. The summed E-state index contributed by atoms with van der Waals surface area (Å²) in [4.78, 5) is 13.4. The van der Waals surface area contributed by atoms with E-state index in [0.29, 0.717) is 18.5 Å². The van der Waals surface area contributed by atoms with Crippen LogP contribution in [0.25, 0.3) is 0 Å². The molecule has 76 valence electrons. The van der Waals surface area contributed by atoms with Crippen LogP contribution in [-0.2, 0) is 4.79 Å². The molecule has 1 N–H and O–H groups in total. The Labute approximate surface area is 80.5 Å². The Bertz CT molecular complexity index is 180. The zero-order valence-electron chi connectivity index (χ0n) is 8.84. The fraction of sp³-hybridized carbons (Fsp3) is 0.900. The standard InChI is InChI=1S/C10H20N2O/c1-4-10(13)11-8-5-6-9(7-8)12(2)3/h8-9H,4-7H2,1-3H3,(H,11,13). The number of rotatable bonds is 3. The first-order valence-corrected chi connectivity index (χ1v) is 5.09. The summed E-state index contributed by atoms with van der Waals surface area (Å²) in [6, 6.07) is 1.07. The molecule has 1 aliphatic carbocycles. The SMILES string of the molecule is CCC(=O)NC1CCC(N(C)C)C1. The first kappa shape index (κ1) is 10.5. The molecule has 0 aromatic rings. The van der Waals surface area contributed by atoms with Gasteiger partial charge < -0.3 is 10.2 Å². The minimum atomic E-state index is 0.185. The second kappa shape index (κ2) is 4.61. The van der Waals surface area contributed by atoms with E-state index in [9.17, 15) is 4.79 Å². The number of carbonyl (C=O) groups excluding carboxylic acids is 1. The summed E-state index contributed by atoms with van der Waals surface area (Å²) in [5, 5.41) is 3.05. The summed E-state index contributed by atoms with van der Waals surface area (Å²) in [5.41, 5.74) is 0. The van der Waals surface area contributed by atoms with Gasteiger partial charge >= 0.3 is 0 Å². The molecule has 0 spiro atoms. The van der Waals surface area contributed by atoms with Gasteiger partial charge in [-0.1, -0.05) is 6.92 Å². The van der Waals surface area contributed by atoms with Crippen molar-refractivity contribution in [3.8, 4) is 0 Å². The molecule has 1 saturated carbocycles. The van der Waals surface area contributed by atoms with Gasteiger partial charge in [-0.15, -0.1) is 0 Å². The van der Waals surface area contributed by atoms with Crippen molar-refractivity contribution in [3.63, 3.8) is 0 Å². The minimum absolute atomic E-state index is 0.185. The summed E-state index contributed by atoms with van der Waals surface area (Å²) < 4.78 is 0. The van der Waals surface area contributed by atoms with Gasteiger partial charge in [-0.25, -0.2) is 0 Å². The second-order valence-electron chi connectivity index (χ2n) is 4.05. The van der Waals surface area contributed by atoms with Gasteiger partial charge in [-0.3, -0.25) is 4.79 Å². The predicted octanol–water partition coefficient (Wildman–Crippen LogP) is 0.995. The van der Waals surface area contributed by atoms with E-state index in [0.717, 1.165) is 12.8 Å². The van der Waals surface area contributed by atoms with Crippen LogP contribution in [0.5, 0.6) is 0 Å². The molecular formula is C10H20N2O. The average molecular weight is 184 g/mol. The number of hydrogen-bond acceptors (Lipinski definition) is 2. The summed E-state index contributed by atoms with van der Waals surface area (Å²) in [5.74, 6) is 0.185. The van der Waals surface area contributed by atoms with Gasteiger partial charge in [-0.05, 0) is 33.4 Å². The Morgan fingerprint density at radius 3 is 2.62 bits per heavy atom. The minimum Gasteiger partial charge on any atom is -0.353 e. The highest BCUT2D eigenvalue weighted by Gasteiger charge is 2.26. The molecule has 0 saturated heterocycles. The van der Waals surface area contributed by atoms with Gasteiger partial charge in [0.1, 0.15) is 0 Å². The van der Waals surface area contributed by atoms with Crippen LogP contribution in [-0.4, -0.2) is 37.0 Å². The van der Waals surface area contributed by atoms with Crippen molar-refractivity contribution in [3.05, 3.63) is 0 Å². The first-order chi connectivity index (χ1) is 6.13.